The van der Waals surface area contributed by atoms with Crippen molar-refractivity contribution >= 4 is 5.82 Å². The molecule has 0 amide bonds. The van der Waals surface area contributed by atoms with Crippen molar-refractivity contribution in [2.75, 3.05) is 24.7 Å². The molecule has 30 heavy (non-hydrogen) atoms. The van der Waals surface area contributed by atoms with E-state index >= 15 is 0 Å². The van der Waals surface area contributed by atoms with Crippen molar-refractivity contribution in [1.82, 2.24) is 40.1 Å². The van der Waals surface area contributed by atoms with E-state index in [1.54, 1.807) is 6.33 Å². The standard InChI is InChI=1S/C20H19N9O/c1-2-20-11-30-9-8-29(20)18-14(28-12-22-26-19(20)28)10-21-17(23-18)16-15(24-27-25-16)13-6-4-3-5-7-13/h3-7,10,12H,2,8-9,11H2,1H3,(H,24,25,27). The number of nitrogens with zero attached hydrogens (tertiary/aromatic N) is 8. The fourth-order valence-electron chi connectivity index (χ4n) is 4.40. The molecule has 0 bridgehead atoms. The molecule has 1 saturated heterocycles. The summed E-state index contributed by atoms with van der Waals surface area (Å²) in [7, 11) is 0. The molecular weight excluding hydrogens is 382 g/mol. The molecule has 1 fully saturated rings. The van der Waals surface area contributed by atoms with Crippen molar-refractivity contribution in [1.29, 1.82) is 0 Å². The van der Waals surface area contributed by atoms with Crippen LogP contribution < -0.4 is 4.90 Å². The fourth-order valence-corrected chi connectivity index (χ4v) is 4.40. The Kier molecular flexibility index (Phi) is 3.69. The van der Waals surface area contributed by atoms with E-state index in [1.165, 1.54) is 0 Å². The summed E-state index contributed by atoms with van der Waals surface area (Å²) in [5.74, 6) is 2.22. The van der Waals surface area contributed by atoms with E-state index in [9.17, 15) is 0 Å². The topological polar surface area (TPSA) is 111 Å². The minimum Gasteiger partial charge on any atom is -0.377 e. The van der Waals surface area contributed by atoms with Gasteiger partial charge in [0.15, 0.2) is 23.2 Å². The second-order valence-corrected chi connectivity index (χ2v) is 7.40. The van der Waals surface area contributed by atoms with Crippen LogP contribution in [0.4, 0.5) is 5.82 Å². The van der Waals surface area contributed by atoms with Gasteiger partial charge >= 0.3 is 0 Å². The van der Waals surface area contributed by atoms with E-state index < -0.39 is 5.54 Å². The molecule has 2 aliphatic heterocycles. The number of rotatable bonds is 3. The molecular formula is C20H19N9O. The summed E-state index contributed by atoms with van der Waals surface area (Å²) in [6.07, 6.45) is 4.35. The van der Waals surface area contributed by atoms with Crippen LogP contribution in [0.15, 0.2) is 42.9 Å². The van der Waals surface area contributed by atoms with E-state index in [1.807, 2.05) is 41.1 Å². The zero-order valence-electron chi connectivity index (χ0n) is 16.4. The van der Waals surface area contributed by atoms with Crippen LogP contribution in [0.2, 0.25) is 0 Å². The van der Waals surface area contributed by atoms with E-state index in [2.05, 4.69) is 42.4 Å². The zero-order chi connectivity index (χ0) is 20.1. The number of morpholine rings is 1. The van der Waals surface area contributed by atoms with Gasteiger partial charge in [-0.05, 0) is 6.42 Å². The van der Waals surface area contributed by atoms with E-state index in [0.717, 1.165) is 35.0 Å². The number of benzene rings is 1. The first-order valence-corrected chi connectivity index (χ1v) is 9.92. The van der Waals surface area contributed by atoms with Gasteiger partial charge in [0.1, 0.15) is 23.2 Å². The maximum Gasteiger partial charge on any atom is 0.184 e. The van der Waals surface area contributed by atoms with E-state index in [0.29, 0.717) is 31.3 Å². The molecule has 0 aliphatic carbocycles. The maximum atomic E-state index is 5.86. The summed E-state index contributed by atoms with van der Waals surface area (Å²) >= 11 is 0. The quantitative estimate of drug-likeness (QED) is 0.555. The predicted molar refractivity (Wildman–Crippen MR) is 108 cm³/mol. The minimum atomic E-state index is -0.403. The molecule has 5 heterocycles. The summed E-state index contributed by atoms with van der Waals surface area (Å²) in [4.78, 5) is 11.9. The third kappa shape index (κ3) is 2.28. The van der Waals surface area contributed by atoms with Gasteiger partial charge in [-0.2, -0.15) is 15.4 Å². The van der Waals surface area contributed by atoms with Crippen LogP contribution in [0.25, 0.3) is 28.5 Å². The average Bonchev–Trinajstić information content (AvgIpc) is 3.50. The molecule has 1 unspecified atom stereocenters. The Morgan fingerprint density at radius 1 is 1.17 bits per heavy atom. The Labute approximate surface area is 172 Å². The van der Waals surface area contributed by atoms with Crippen LogP contribution in [-0.2, 0) is 10.3 Å². The normalized spacial score (nSPS) is 19.8. The number of nitrogens with one attached hydrogen (secondary N) is 1. The van der Waals surface area contributed by atoms with Gasteiger partial charge in [0.05, 0.1) is 19.4 Å². The molecule has 0 radical (unpaired) electrons. The summed E-state index contributed by atoms with van der Waals surface area (Å²) in [5, 5.41) is 20.0. The lowest BCUT2D eigenvalue weighted by molar-refractivity contribution is 0.0391. The van der Waals surface area contributed by atoms with Gasteiger partial charge in [-0.3, -0.25) is 4.57 Å². The lowest BCUT2D eigenvalue weighted by Gasteiger charge is -2.49. The zero-order valence-corrected chi connectivity index (χ0v) is 16.4. The van der Waals surface area contributed by atoms with Crippen molar-refractivity contribution < 1.29 is 4.74 Å². The monoisotopic (exact) mass is 401 g/mol. The fraction of sp³-hybridized carbons (Fsp3) is 0.300. The third-order valence-corrected chi connectivity index (χ3v) is 5.94. The summed E-state index contributed by atoms with van der Waals surface area (Å²) in [6.45, 7) is 4.03. The SMILES string of the molecule is CCC12COCCN1c1nc(-c3n[nH]nc3-c3ccccc3)ncc1-n1cnnc12. The Hall–Kier alpha value is -3.66. The number of anilines is 1. The second-order valence-electron chi connectivity index (χ2n) is 7.40. The van der Waals surface area contributed by atoms with Crippen molar-refractivity contribution in [3.8, 4) is 28.5 Å². The summed E-state index contributed by atoms with van der Waals surface area (Å²) in [6, 6.07) is 9.90. The highest BCUT2D eigenvalue weighted by molar-refractivity contribution is 5.75. The van der Waals surface area contributed by atoms with Crippen LogP contribution >= 0.6 is 0 Å². The van der Waals surface area contributed by atoms with Crippen molar-refractivity contribution in [3.05, 3.63) is 48.7 Å². The Morgan fingerprint density at radius 2 is 2.03 bits per heavy atom. The molecule has 2 aliphatic rings. The molecule has 0 spiro atoms. The molecule has 10 heteroatoms. The maximum absolute atomic E-state index is 5.86. The predicted octanol–water partition coefficient (Wildman–Crippen LogP) is 1.96. The number of H-pyrrole nitrogens is 1. The highest BCUT2D eigenvalue weighted by Crippen LogP contribution is 2.44. The number of hydrogen-bond donors (Lipinski definition) is 1. The van der Waals surface area contributed by atoms with Gasteiger partial charge < -0.3 is 9.64 Å². The molecule has 4 aromatic rings. The molecule has 1 N–H and O–H groups in total. The first-order chi connectivity index (χ1) is 14.8. The molecule has 3 aromatic heterocycles. The Morgan fingerprint density at radius 3 is 2.90 bits per heavy atom. The molecule has 10 nitrogen and oxygen atoms in total. The van der Waals surface area contributed by atoms with Gasteiger partial charge in [-0.1, -0.05) is 37.3 Å². The van der Waals surface area contributed by atoms with Crippen molar-refractivity contribution in [2.24, 2.45) is 0 Å². The summed E-state index contributed by atoms with van der Waals surface area (Å²) in [5.41, 5.74) is 2.75. The highest BCUT2D eigenvalue weighted by Gasteiger charge is 2.49. The number of hydrogen-bond acceptors (Lipinski definition) is 8. The average molecular weight is 401 g/mol. The van der Waals surface area contributed by atoms with Crippen LogP contribution in [0.5, 0.6) is 0 Å². The second kappa shape index (κ2) is 6.42. The number of aromatic amines is 1. The molecule has 0 saturated carbocycles. The van der Waals surface area contributed by atoms with Crippen molar-refractivity contribution in [3.63, 3.8) is 0 Å². The highest BCUT2D eigenvalue weighted by atomic mass is 16.5. The third-order valence-electron chi connectivity index (χ3n) is 5.94. The summed E-state index contributed by atoms with van der Waals surface area (Å²) < 4.78 is 7.83. The molecule has 150 valence electrons. The van der Waals surface area contributed by atoms with Crippen LogP contribution in [0, 0.1) is 0 Å². The van der Waals surface area contributed by atoms with Gasteiger partial charge in [0, 0.05) is 12.1 Å². The van der Waals surface area contributed by atoms with E-state index in [-0.39, 0.29) is 0 Å². The van der Waals surface area contributed by atoms with Gasteiger partial charge in [0.2, 0.25) is 0 Å². The molecule has 1 atom stereocenters. The van der Waals surface area contributed by atoms with Crippen LogP contribution in [0.1, 0.15) is 19.2 Å². The van der Waals surface area contributed by atoms with Gasteiger partial charge in [0.25, 0.3) is 0 Å². The van der Waals surface area contributed by atoms with E-state index in [4.69, 9.17) is 9.72 Å². The lowest BCUT2D eigenvalue weighted by Crippen LogP contribution is -2.58. The van der Waals surface area contributed by atoms with Gasteiger partial charge in [-0.25, -0.2) is 9.97 Å². The van der Waals surface area contributed by atoms with Crippen molar-refractivity contribution in [2.45, 2.75) is 18.9 Å². The minimum absolute atomic E-state index is 0.403. The van der Waals surface area contributed by atoms with Gasteiger partial charge in [-0.15, -0.1) is 10.2 Å². The number of ether oxygens (including phenoxy) is 1. The lowest BCUT2D eigenvalue weighted by atomic mass is 9.90. The number of aromatic nitrogens is 8. The Bertz CT molecular complexity index is 1220. The van der Waals surface area contributed by atoms with Crippen LogP contribution in [-0.4, -0.2) is 59.9 Å². The van der Waals surface area contributed by atoms with Crippen LogP contribution in [0.3, 0.4) is 0 Å². The largest absolute Gasteiger partial charge is 0.377 e. The number of fused-ring (bicyclic) bond motifs is 6. The molecule has 1 aromatic carbocycles. The first-order valence-electron chi connectivity index (χ1n) is 9.92. The molecule has 6 rings (SSSR count). The first kappa shape index (κ1) is 17.2. The Balaban J connectivity index is 1.53. The smallest absolute Gasteiger partial charge is 0.184 e.